The van der Waals surface area contributed by atoms with Crippen LogP contribution in [0.4, 0.5) is 0 Å². The van der Waals surface area contributed by atoms with E-state index in [1.165, 1.54) is 0 Å². The molecule has 15 heavy (non-hydrogen) atoms. The van der Waals surface area contributed by atoms with Crippen LogP contribution in [-0.2, 0) is 16.1 Å². The molecular formula is C7H10N4O4. The van der Waals surface area contributed by atoms with E-state index in [4.69, 9.17) is 5.73 Å². The predicted molar refractivity (Wildman–Crippen MR) is 49.1 cm³/mol. The van der Waals surface area contributed by atoms with Gasteiger partial charge in [-0.05, 0) is 0 Å². The Bertz CT molecular complexity index is 449. The molecule has 0 spiro atoms. The average Bonchev–Trinajstić information content (AvgIpc) is 2.24. The van der Waals surface area contributed by atoms with Gasteiger partial charge in [0.1, 0.15) is 12.9 Å². The molecule has 0 aliphatic rings. The second-order valence-electron chi connectivity index (χ2n) is 2.61. The first kappa shape index (κ1) is 11.1. The lowest BCUT2D eigenvalue weighted by Gasteiger charge is -2.04. The van der Waals surface area contributed by atoms with E-state index < -0.39 is 17.1 Å². The largest absolute Gasteiger partial charge is 0.463 e. The number of hydrogen-bond donors (Lipinski definition) is 2. The number of hydrogen-bond acceptors (Lipinski definition) is 6. The Morgan fingerprint density at radius 3 is 3.00 bits per heavy atom. The van der Waals surface area contributed by atoms with E-state index in [1.54, 1.807) is 0 Å². The van der Waals surface area contributed by atoms with E-state index in [1.807, 2.05) is 5.10 Å². The standard InChI is InChI=1S/C7H10N4O4/c8-3-5(12)15-2-1-11-4-9-10-6(13)7(11)14/h4H,1-3,8H2,(H,10,13). The van der Waals surface area contributed by atoms with Gasteiger partial charge in [0.2, 0.25) is 0 Å². The molecule has 1 aromatic rings. The van der Waals surface area contributed by atoms with E-state index in [-0.39, 0.29) is 19.7 Å². The zero-order valence-corrected chi connectivity index (χ0v) is 7.80. The number of nitrogens with zero attached hydrogens (tertiary/aromatic N) is 2. The summed E-state index contributed by atoms with van der Waals surface area (Å²) in [6.45, 7) is -0.176. The van der Waals surface area contributed by atoms with E-state index in [0.717, 1.165) is 10.9 Å². The Hall–Kier alpha value is -1.96. The van der Waals surface area contributed by atoms with E-state index >= 15 is 0 Å². The smallest absolute Gasteiger partial charge is 0.330 e. The van der Waals surface area contributed by atoms with Crippen LogP contribution in [0.3, 0.4) is 0 Å². The van der Waals surface area contributed by atoms with Gasteiger partial charge in [-0.15, -0.1) is 0 Å². The number of aromatic amines is 1. The number of carbonyl (C=O) groups excluding carboxylic acids is 1. The molecule has 0 saturated heterocycles. The van der Waals surface area contributed by atoms with Gasteiger partial charge < -0.3 is 10.5 Å². The highest BCUT2D eigenvalue weighted by molar-refractivity contribution is 5.71. The van der Waals surface area contributed by atoms with Crippen molar-refractivity contribution < 1.29 is 9.53 Å². The van der Waals surface area contributed by atoms with Crippen molar-refractivity contribution in [3.8, 4) is 0 Å². The third kappa shape index (κ3) is 3.02. The number of esters is 1. The average molecular weight is 214 g/mol. The molecule has 0 aliphatic heterocycles. The number of ether oxygens (including phenoxy) is 1. The third-order valence-corrected chi connectivity index (χ3v) is 1.58. The number of rotatable bonds is 4. The van der Waals surface area contributed by atoms with E-state index in [9.17, 15) is 14.4 Å². The summed E-state index contributed by atoms with van der Waals surface area (Å²) in [4.78, 5) is 32.6. The molecule has 0 radical (unpaired) electrons. The maximum absolute atomic E-state index is 11.1. The first-order valence-corrected chi connectivity index (χ1v) is 4.15. The first-order chi connectivity index (χ1) is 7.15. The number of carbonyl (C=O) groups is 1. The number of nitrogens with one attached hydrogen (secondary N) is 1. The van der Waals surface area contributed by atoms with Crippen LogP contribution in [0.2, 0.25) is 0 Å². The molecular weight excluding hydrogens is 204 g/mol. The zero-order valence-electron chi connectivity index (χ0n) is 7.80. The van der Waals surface area contributed by atoms with E-state index in [2.05, 4.69) is 9.84 Å². The summed E-state index contributed by atoms with van der Waals surface area (Å²) < 4.78 is 5.67. The highest BCUT2D eigenvalue weighted by Crippen LogP contribution is 1.79. The maximum atomic E-state index is 11.1. The second-order valence-corrected chi connectivity index (χ2v) is 2.61. The fraction of sp³-hybridized carbons (Fsp3) is 0.429. The lowest BCUT2D eigenvalue weighted by atomic mass is 10.6. The summed E-state index contributed by atoms with van der Waals surface area (Å²) in [5.41, 5.74) is 3.44. The maximum Gasteiger partial charge on any atom is 0.330 e. The molecule has 0 atom stereocenters. The quantitative estimate of drug-likeness (QED) is 0.420. The zero-order chi connectivity index (χ0) is 11.3. The summed E-state index contributed by atoms with van der Waals surface area (Å²) in [5.74, 6) is -0.569. The topological polar surface area (TPSA) is 120 Å². The highest BCUT2D eigenvalue weighted by Gasteiger charge is 2.02. The van der Waals surface area contributed by atoms with E-state index in [0.29, 0.717) is 0 Å². The van der Waals surface area contributed by atoms with Crippen LogP contribution < -0.4 is 16.9 Å². The van der Waals surface area contributed by atoms with Crippen LogP contribution in [0.15, 0.2) is 15.9 Å². The number of aromatic nitrogens is 3. The molecule has 0 aromatic carbocycles. The number of H-pyrrole nitrogens is 1. The van der Waals surface area contributed by atoms with Gasteiger partial charge in [-0.25, -0.2) is 5.10 Å². The molecule has 8 heteroatoms. The van der Waals surface area contributed by atoms with Crippen molar-refractivity contribution in [1.29, 1.82) is 0 Å². The Kier molecular flexibility index (Phi) is 3.75. The monoisotopic (exact) mass is 214 g/mol. The Morgan fingerprint density at radius 2 is 2.33 bits per heavy atom. The summed E-state index contributed by atoms with van der Waals surface area (Å²) in [6, 6.07) is 0. The molecule has 3 N–H and O–H groups in total. The third-order valence-electron chi connectivity index (χ3n) is 1.58. The van der Waals surface area contributed by atoms with Crippen LogP contribution >= 0.6 is 0 Å². The first-order valence-electron chi connectivity index (χ1n) is 4.15. The molecule has 0 aliphatic carbocycles. The predicted octanol–water partition coefficient (Wildman–Crippen LogP) is -2.57. The molecule has 0 amide bonds. The van der Waals surface area contributed by atoms with Crippen LogP contribution in [0, 0.1) is 0 Å². The van der Waals surface area contributed by atoms with Crippen molar-refractivity contribution in [2.24, 2.45) is 5.73 Å². The minimum absolute atomic E-state index is 0.0267. The summed E-state index contributed by atoms with van der Waals surface area (Å²) in [6.07, 6.45) is 1.15. The van der Waals surface area contributed by atoms with Crippen molar-refractivity contribution in [3.63, 3.8) is 0 Å². The van der Waals surface area contributed by atoms with Gasteiger partial charge in [0.25, 0.3) is 0 Å². The molecule has 0 saturated carbocycles. The SMILES string of the molecule is NCC(=O)OCCn1cn[nH]c(=O)c1=O. The van der Waals surface area contributed by atoms with Gasteiger partial charge >= 0.3 is 17.1 Å². The van der Waals surface area contributed by atoms with Crippen molar-refractivity contribution in [1.82, 2.24) is 14.8 Å². The van der Waals surface area contributed by atoms with Crippen LogP contribution in [0.25, 0.3) is 0 Å². The van der Waals surface area contributed by atoms with Gasteiger partial charge in [0.05, 0.1) is 13.1 Å². The van der Waals surface area contributed by atoms with Crippen LogP contribution in [0.1, 0.15) is 0 Å². The molecule has 0 fully saturated rings. The van der Waals surface area contributed by atoms with Crippen molar-refractivity contribution in [2.45, 2.75) is 6.54 Å². The van der Waals surface area contributed by atoms with Gasteiger partial charge in [-0.3, -0.25) is 19.0 Å². The molecule has 1 heterocycles. The minimum atomic E-state index is -0.817. The number of nitrogens with two attached hydrogens (primary N) is 1. The van der Waals surface area contributed by atoms with Crippen molar-refractivity contribution in [2.75, 3.05) is 13.2 Å². The van der Waals surface area contributed by atoms with Crippen molar-refractivity contribution in [3.05, 3.63) is 27.0 Å². The van der Waals surface area contributed by atoms with Gasteiger partial charge in [0.15, 0.2) is 0 Å². The molecule has 0 bridgehead atoms. The highest BCUT2D eigenvalue weighted by atomic mass is 16.5. The Morgan fingerprint density at radius 1 is 1.60 bits per heavy atom. The van der Waals surface area contributed by atoms with Gasteiger partial charge in [-0.1, -0.05) is 0 Å². The lowest BCUT2D eigenvalue weighted by molar-refractivity contribution is -0.142. The fourth-order valence-corrected chi connectivity index (χ4v) is 0.864. The summed E-state index contributed by atoms with van der Waals surface area (Å²) in [7, 11) is 0. The normalized spacial score (nSPS) is 9.93. The van der Waals surface area contributed by atoms with Gasteiger partial charge in [0, 0.05) is 0 Å². The summed E-state index contributed by atoms with van der Waals surface area (Å²) in [5, 5.41) is 5.41. The second kappa shape index (κ2) is 5.05. The minimum Gasteiger partial charge on any atom is -0.463 e. The fourth-order valence-electron chi connectivity index (χ4n) is 0.864. The summed E-state index contributed by atoms with van der Waals surface area (Å²) >= 11 is 0. The van der Waals surface area contributed by atoms with Gasteiger partial charge in [-0.2, -0.15) is 5.10 Å². The van der Waals surface area contributed by atoms with Crippen molar-refractivity contribution >= 4 is 5.97 Å². The van der Waals surface area contributed by atoms with Crippen LogP contribution in [0.5, 0.6) is 0 Å². The Balaban J connectivity index is 2.59. The molecule has 0 unspecified atom stereocenters. The van der Waals surface area contributed by atoms with Crippen LogP contribution in [-0.4, -0.2) is 33.9 Å². The molecule has 8 nitrogen and oxygen atoms in total. The molecule has 82 valence electrons. The Labute approximate surface area is 83.7 Å². The molecule has 1 aromatic heterocycles. The lowest BCUT2D eigenvalue weighted by Crippen LogP contribution is -2.37. The molecule has 1 rings (SSSR count).